The lowest BCUT2D eigenvalue weighted by Crippen LogP contribution is -2.45. The molecule has 1 saturated heterocycles. The summed E-state index contributed by atoms with van der Waals surface area (Å²) >= 11 is 0. The first kappa shape index (κ1) is 23.4. The molecule has 4 rings (SSSR count). The highest BCUT2D eigenvalue weighted by Gasteiger charge is 2.38. The third kappa shape index (κ3) is 5.15. The summed E-state index contributed by atoms with van der Waals surface area (Å²) in [4.78, 5) is 35.0. The van der Waals surface area contributed by atoms with Crippen molar-refractivity contribution in [3.05, 3.63) is 30.0 Å². The first-order chi connectivity index (χ1) is 15.5. The molecular formula is C23H30N4O5. The number of aromatic nitrogens is 2. The van der Waals surface area contributed by atoms with E-state index in [1.54, 1.807) is 4.90 Å². The topological polar surface area (TPSA) is 122 Å². The first-order valence-electron chi connectivity index (χ1n) is 10.9. The molecule has 0 bridgehead atoms. The number of amides is 1. The molecule has 2 heterocycles. The molecule has 9 nitrogen and oxygen atoms in total. The van der Waals surface area contributed by atoms with E-state index < -0.39 is 6.04 Å². The Hall–Kier alpha value is -3.23. The number of carboxylic acid groups (broad SMARTS) is 1. The summed E-state index contributed by atoms with van der Waals surface area (Å²) in [5.74, 6) is 0.610. The molecule has 0 spiro atoms. The number of benzene rings is 1. The van der Waals surface area contributed by atoms with E-state index in [-0.39, 0.29) is 30.3 Å². The maximum absolute atomic E-state index is 13.0. The smallest absolute Gasteiger partial charge is 0.328 e. The minimum Gasteiger partial charge on any atom is -0.483 e. The fourth-order valence-corrected chi connectivity index (χ4v) is 4.67. The number of likely N-dealkylation sites (tertiary alicyclic amines) is 1. The second-order valence-corrected chi connectivity index (χ2v) is 8.19. The highest BCUT2D eigenvalue weighted by atomic mass is 16.5. The van der Waals surface area contributed by atoms with Crippen LogP contribution in [-0.2, 0) is 19.1 Å². The van der Waals surface area contributed by atoms with E-state index >= 15 is 0 Å². The molecule has 2 fully saturated rings. The lowest BCUT2D eigenvalue weighted by molar-refractivity contribution is -0.152. The SMILES string of the molecule is COC(=O)[C@H]1CCCN1C(=O)C1CCC(Nc2nnc(C)c3ccccc23)CC1.O=CO. The number of carbonyl (C=O) groups is 3. The Morgan fingerprint density at radius 2 is 1.78 bits per heavy atom. The lowest BCUT2D eigenvalue weighted by Gasteiger charge is -2.32. The molecule has 2 aromatic rings. The zero-order valence-corrected chi connectivity index (χ0v) is 18.5. The van der Waals surface area contributed by atoms with Crippen molar-refractivity contribution in [2.75, 3.05) is 19.0 Å². The van der Waals surface area contributed by atoms with Crippen LogP contribution in [0.3, 0.4) is 0 Å². The summed E-state index contributed by atoms with van der Waals surface area (Å²) in [6.45, 7) is 2.37. The predicted molar refractivity (Wildman–Crippen MR) is 119 cm³/mol. The molecule has 1 aromatic heterocycles. The molecule has 9 heteroatoms. The van der Waals surface area contributed by atoms with Crippen LogP contribution in [0.4, 0.5) is 5.82 Å². The number of rotatable bonds is 4. The van der Waals surface area contributed by atoms with Crippen LogP contribution >= 0.6 is 0 Å². The van der Waals surface area contributed by atoms with Crippen molar-refractivity contribution in [1.82, 2.24) is 15.1 Å². The first-order valence-corrected chi connectivity index (χ1v) is 10.9. The van der Waals surface area contributed by atoms with E-state index in [0.29, 0.717) is 13.0 Å². The molecule has 1 atom stereocenters. The van der Waals surface area contributed by atoms with E-state index in [2.05, 4.69) is 27.6 Å². The summed E-state index contributed by atoms with van der Waals surface area (Å²) in [5.41, 5.74) is 0.922. The zero-order valence-electron chi connectivity index (χ0n) is 18.5. The van der Waals surface area contributed by atoms with Gasteiger partial charge in [-0.15, -0.1) is 5.10 Å². The van der Waals surface area contributed by atoms with Crippen molar-refractivity contribution in [2.24, 2.45) is 5.92 Å². The van der Waals surface area contributed by atoms with Gasteiger partial charge in [-0.1, -0.05) is 24.3 Å². The average molecular weight is 443 g/mol. The van der Waals surface area contributed by atoms with E-state index in [1.165, 1.54) is 7.11 Å². The van der Waals surface area contributed by atoms with Crippen LogP contribution in [0.2, 0.25) is 0 Å². The maximum atomic E-state index is 13.0. The highest BCUT2D eigenvalue weighted by molar-refractivity contribution is 5.93. The van der Waals surface area contributed by atoms with Gasteiger partial charge < -0.3 is 20.1 Å². The number of anilines is 1. The van der Waals surface area contributed by atoms with E-state index in [1.807, 2.05) is 19.1 Å². The maximum Gasteiger partial charge on any atom is 0.328 e. The number of nitrogens with one attached hydrogen (secondary N) is 1. The fraction of sp³-hybridized carbons (Fsp3) is 0.522. The highest BCUT2D eigenvalue weighted by Crippen LogP contribution is 2.32. The van der Waals surface area contributed by atoms with Gasteiger partial charge in [0, 0.05) is 29.3 Å². The average Bonchev–Trinajstić information content (AvgIpc) is 3.31. The van der Waals surface area contributed by atoms with E-state index in [4.69, 9.17) is 14.6 Å². The summed E-state index contributed by atoms with van der Waals surface area (Å²) in [6, 6.07) is 8.02. The minimum absolute atomic E-state index is 0.0147. The quantitative estimate of drug-likeness (QED) is 0.548. The standard InChI is InChI=1S/C22H28N4O3.CH2O2/c1-14-17-6-3-4-7-18(17)20(25-24-14)23-16-11-9-15(10-12-16)21(27)26-13-5-8-19(26)22(28)29-2;2-1-3/h3-4,6-7,15-16,19H,5,8-13H2,1-2H3,(H,23,25);1H,(H,2,3)/t15?,16?,19-;/m1./s1. The van der Waals surface area contributed by atoms with Gasteiger partial charge in [0.1, 0.15) is 6.04 Å². The van der Waals surface area contributed by atoms with Crippen molar-refractivity contribution in [2.45, 2.75) is 57.5 Å². The van der Waals surface area contributed by atoms with Crippen LogP contribution in [0, 0.1) is 12.8 Å². The number of hydrogen-bond donors (Lipinski definition) is 2. The molecule has 32 heavy (non-hydrogen) atoms. The predicted octanol–water partition coefficient (Wildman–Crippen LogP) is 2.77. The van der Waals surface area contributed by atoms with Gasteiger partial charge in [0.15, 0.2) is 5.82 Å². The van der Waals surface area contributed by atoms with Crippen LogP contribution < -0.4 is 5.32 Å². The molecule has 0 radical (unpaired) electrons. The van der Waals surface area contributed by atoms with Crippen molar-refractivity contribution < 1.29 is 24.2 Å². The number of hydrogen-bond acceptors (Lipinski definition) is 7. The van der Waals surface area contributed by atoms with E-state index in [0.717, 1.165) is 54.4 Å². The monoisotopic (exact) mass is 442 g/mol. The fourth-order valence-electron chi connectivity index (χ4n) is 4.67. The number of nitrogens with zero attached hydrogens (tertiary/aromatic N) is 3. The van der Waals surface area contributed by atoms with Gasteiger partial charge >= 0.3 is 5.97 Å². The number of aryl methyl sites for hydroxylation is 1. The Morgan fingerprint density at radius 1 is 1.12 bits per heavy atom. The molecule has 1 amide bonds. The second-order valence-electron chi connectivity index (χ2n) is 8.19. The molecule has 2 N–H and O–H groups in total. The van der Waals surface area contributed by atoms with Crippen molar-refractivity contribution >= 4 is 34.9 Å². The second kappa shape index (κ2) is 10.9. The third-order valence-electron chi connectivity index (χ3n) is 6.30. The van der Waals surface area contributed by atoms with Crippen LogP contribution in [0.5, 0.6) is 0 Å². The summed E-state index contributed by atoms with van der Waals surface area (Å²) in [5, 5.41) is 21.3. The van der Waals surface area contributed by atoms with E-state index in [9.17, 15) is 9.59 Å². The van der Waals surface area contributed by atoms with Gasteiger partial charge in [0.05, 0.1) is 12.8 Å². The van der Waals surface area contributed by atoms with Crippen molar-refractivity contribution in [3.63, 3.8) is 0 Å². The molecule has 1 saturated carbocycles. The normalized spacial score (nSPS) is 22.6. The number of carbonyl (C=O) groups excluding carboxylic acids is 2. The third-order valence-corrected chi connectivity index (χ3v) is 6.30. The number of fused-ring (bicyclic) bond motifs is 1. The number of methoxy groups -OCH3 is 1. The largest absolute Gasteiger partial charge is 0.483 e. The summed E-state index contributed by atoms with van der Waals surface area (Å²) in [6.07, 6.45) is 5.00. The Labute approximate surface area is 187 Å². The number of ether oxygens (including phenoxy) is 1. The van der Waals surface area contributed by atoms with Crippen molar-refractivity contribution in [3.8, 4) is 0 Å². The van der Waals surface area contributed by atoms with Crippen LogP contribution in [0.15, 0.2) is 24.3 Å². The summed E-state index contributed by atoms with van der Waals surface area (Å²) < 4.78 is 4.87. The Balaban J connectivity index is 0.000000913. The Kier molecular flexibility index (Phi) is 7.97. The zero-order chi connectivity index (χ0) is 23.1. The van der Waals surface area contributed by atoms with Crippen LogP contribution in [0.1, 0.15) is 44.2 Å². The Bertz CT molecular complexity index is 959. The van der Waals surface area contributed by atoms with Gasteiger partial charge in [-0.2, -0.15) is 5.10 Å². The molecule has 1 aromatic carbocycles. The summed E-state index contributed by atoms with van der Waals surface area (Å²) in [7, 11) is 1.39. The molecule has 1 aliphatic heterocycles. The van der Waals surface area contributed by atoms with Crippen LogP contribution in [0.25, 0.3) is 10.8 Å². The van der Waals surface area contributed by atoms with Gasteiger partial charge in [0.2, 0.25) is 5.91 Å². The van der Waals surface area contributed by atoms with Crippen LogP contribution in [-0.4, -0.2) is 64.3 Å². The number of esters is 1. The molecular weight excluding hydrogens is 412 g/mol. The van der Waals surface area contributed by atoms with Gasteiger partial charge in [-0.3, -0.25) is 9.59 Å². The molecule has 172 valence electrons. The van der Waals surface area contributed by atoms with Gasteiger partial charge in [-0.05, 0) is 45.4 Å². The Morgan fingerprint density at radius 3 is 2.44 bits per heavy atom. The van der Waals surface area contributed by atoms with Gasteiger partial charge in [-0.25, -0.2) is 4.79 Å². The van der Waals surface area contributed by atoms with Crippen molar-refractivity contribution in [1.29, 1.82) is 0 Å². The lowest BCUT2D eigenvalue weighted by atomic mass is 9.85. The molecule has 2 aliphatic rings. The van der Waals surface area contributed by atoms with Gasteiger partial charge in [0.25, 0.3) is 6.47 Å². The molecule has 0 unspecified atom stereocenters. The molecule has 1 aliphatic carbocycles. The minimum atomic E-state index is -0.405.